The minimum Gasteiger partial charge on any atom is -0.494 e. The van der Waals surface area contributed by atoms with Crippen molar-refractivity contribution in [2.24, 2.45) is 0 Å². The SMILES string of the molecule is CCCCCCOc1ccc(NC(=O)CN(C)C2CCCCC2)cc1. The van der Waals surface area contributed by atoms with Crippen LogP contribution in [-0.2, 0) is 4.79 Å². The summed E-state index contributed by atoms with van der Waals surface area (Å²) in [5.74, 6) is 0.926. The fourth-order valence-electron chi connectivity index (χ4n) is 3.43. The van der Waals surface area contributed by atoms with Crippen molar-refractivity contribution in [1.82, 2.24) is 4.90 Å². The van der Waals surface area contributed by atoms with Gasteiger partial charge in [-0.15, -0.1) is 0 Å². The first-order chi connectivity index (χ1) is 12.2. The molecule has 1 N–H and O–H groups in total. The van der Waals surface area contributed by atoms with E-state index < -0.39 is 0 Å². The molecule has 0 aromatic heterocycles. The summed E-state index contributed by atoms with van der Waals surface area (Å²) in [4.78, 5) is 14.4. The molecule has 0 saturated heterocycles. The van der Waals surface area contributed by atoms with Crippen molar-refractivity contribution in [3.8, 4) is 5.75 Å². The Morgan fingerprint density at radius 3 is 2.52 bits per heavy atom. The average Bonchev–Trinajstić information content (AvgIpc) is 2.63. The third-order valence-corrected chi connectivity index (χ3v) is 5.00. The van der Waals surface area contributed by atoms with Crippen LogP contribution in [0, 0.1) is 0 Å². The highest BCUT2D eigenvalue weighted by Crippen LogP contribution is 2.21. The monoisotopic (exact) mass is 346 g/mol. The largest absolute Gasteiger partial charge is 0.494 e. The topological polar surface area (TPSA) is 41.6 Å². The van der Waals surface area contributed by atoms with E-state index in [2.05, 4.69) is 24.2 Å². The van der Waals surface area contributed by atoms with Gasteiger partial charge in [0.1, 0.15) is 5.75 Å². The van der Waals surface area contributed by atoms with Crippen molar-refractivity contribution in [3.63, 3.8) is 0 Å². The second-order valence-corrected chi connectivity index (χ2v) is 7.19. The van der Waals surface area contributed by atoms with E-state index in [1.165, 1.54) is 51.4 Å². The van der Waals surface area contributed by atoms with Gasteiger partial charge in [-0.2, -0.15) is 0 Å². The number of carbonyl (C=O) groups is 1. The lowest BCUT2D eigenvalue weighted by molar-refractivity contribution is -0.117. The van der Waals surface area contributed by atoms with Gasteiger partial charge in [0.05, 0.1) is 13.2 Å². The number of anilines is 1. The number of nitrogens with one attached hydrogen (secondary N) is 1. The quantitative estimate of drug-likeness (QED) is 0.616. The summed E-state index contributed by atoms with van der Waals surface area (Å²) in [6.45, 7) is 3.43. The third kappa shape index (κ3) is 7.47. The molecule has 2 rings (SSSR count). The lowest BCUT2D eigenvalue weighted by atomic mass is 9.94. The second-order valence-electron chi connectivity index (χ2n) is 7.19. The maximum atomic E-state index is 12.2. The Labute approximate surface area is 152 Å². The number of carbonyl (C=O) groups excluding carboxylic acids is 1. The number of hydrogen-bond acceptors (Lipinski definition) is 3. The first kappa shape index (κ1) is 19.8. The van der Waals surface area contributed by atoms with Gasteiger partial charge in [0, 0.05) is 11.7 Å². The summed E-state index contributed by atoms with van der Waals surface area (Å²) in [5, 5.41) is 2.99. The highest BCUT2D eigenvalue weighted by atomic mass is 16.5. The molecule has 1 fully saturated rings. The van der Waals surface area contributed by atoms with Crippen LogP contribution in [0.4, 0.5) is 5.69 Å². The summed E-state index contributed by atoms with van der Waals surface area (Å²) < 4.78 is 5.74. The van der Waals surface area contributed by atoms with Crippen molar-refractivity contribution in [2.45, 2.75) is 70.8 Å². The lowest BCUT2D eigenvalue weighted by Crippen LogP contribution is -2.39. The van der Waals surface area contributed by atoms with Crippen LogP contribution in [0.3, 0.4) is 0 Å². The lowest BCUT2D eigenvalue weighted by Gasteiger charge is -2.30. The Morgan fingerprint density at radius 1 is 1.12 bits per heavy atom. The summed E-state index contributed by atoms with van der Waals surface area (Å²) in [6.07, 6.45) is 11.2. The molecule has 1 aliphatic rings. The van der Waals surface area contributed by atoms with Gasteiger partial charge in [-0.05, 0) is 50.6 Å². The van der Waals surface area contributed by atoms with Crippen LogP contribution in [0.2, 0.25) is 0 Å². The number of hydrogen-bond donors (Lipinski definition) is 1. The van der Waals surface area contributed by atoms with Crippen molar-refractivity contribution in [3.05, 3.63) is 24.3 Å². The fourth-order valence-corrected chi connectivity index (χ4v) is 3.43. The average molecular weight is 347 g/mol. The number of amides is 1. The van der Waals surface area contributed by atoms with E-state index in [1.807, 2.05) is 24.3 Å². The highest BCUT2D eigenvalue weighted by molar-refractivity contribution is 5.92. The van der Waals surface area contributed by atoms with E-state index in [1.54, 1.807) is 0 Å². The smallest absolute Gasteiger partial charge is 0.238 e. The third-order valence-electron chi connectivity index (χ3n) is 5.00. The molecule has 0 bridgehead atoms. The molecule has 0 radical (unpaired) electrons. The molecule has 4 heteroatoms. The van der Waals surface area contributed by atoms with Crippen LogP contribution in [-0.4, -0.2) is 37.0 Å². The molecule has 1 aromatic rings. The van der Waals surface area contributed by atoms with Gasteiger partial charge in [0.2, 0.25) is 5.91 Å². The van der Waals surface area contributed by atoms with Crippen LogP contribution in [0.15, 0.2) is 24.3 Å². The van der Waals surface area contributed by atoms with E-state index in [9.17, 15) is 4.79 Å². The predicted molar refractivity (Wildman–Crippen MR) is 104 cm³/mol. The van der Waals surface area contributed by atoms with Gasteiger partial charge in [-0.1, -0.05) is 45.4 Å². The summed E-state index contributed by atoms with van der Waals surface area (Å²) >= 11 is 0. The molecular weight excluding hydrogens is 312 g/mol. The van der Waals surface area contributed by atoms with E-state index >= 15 is 0 Å². The zero-order chi connectivity index (χ0) is 17.9. The summed E-state index contributed by atoms with van der Waals surface area (Å²) in [5.41, 5.74) is 0.834. The summed E-state index contributed by atoms with van der Waals surface area (Å²) in [7, 11) is 2.06. The molecule has 1 amide bonds. The predicted octanol–water partition coefficient (Wildman–Crippen LogP) is 4.85. The second kappa shape index (κ2) is 11.1. The molecular formula is C21H34N2O2. The standard InChI is InChI=1S/C21H34N2O2/c1-3-4-5-9-16-25-20-14-12-18(13-15-20)22-21(24)17-23(2)19-10-7-6-8-11-19/h12-15,19H,3-11,16-17H2,1-2H3,(H,22,24). The maximum Gasteiger partial charge on any atom is 0.238 e. The molecule has 1 aromatic carbocycles. The number of nitrogens with zero attached hydrogens (tertiary/aromatic N) is 1. The molecule has 4 nitrogen and oxygen atoms in total. The zero-order valence-corrected chi connectivity index (χ0v) is 15.9. The Hall–Kier alpha value is -1.55. The van der Waals surface area contributed by atoms with Gasteiger partial charge in [0.25, 0.3) is 0 Å². The Kier molecular flexibility index (Phi) is 8.81. The van der Waals surface area contributed by atoms with Crippen molar-refractivity contribution in [1.29, 1.82) is 0 Å². The first-order valence-corrected chi connectivity index (χ1v) is 9.92. The summed E-state index contributed by atoms with van der Waals surface area (Å²) in [6, 6.07) is 8.25. The van der Waals surface area contributed by atoms with Crippen LogP contribution >= 0.6 is 0 Å². The van der Waals surface area contributed by atoms with E-state index in [0.717, 1.165) is 24.5 Å². The van der Waals surface area contributed by atoms with Crippen LogP contribution in [0.1, 0.15) is 64.7 Å². The van der Waals surface area contributed by atoms with Crippen molar-refractivity contribution >= 4 is 11.6 Å². The Bertz CT molecular complexity index is 495. The minimum absolute atomic E-state index is 0.0568. The molecule has 140 valence electrons. The molecule has 1 aliphatic carbocycles. The molecule has 0 spiro atoms. The van der Waals surface area contributed by atoms with E-state index in [0.29, 0.717) is 12.6 Å². The highest BCUT2D eigenvalue weighted by Gasteiger charge is 2.19. The minimum atomic E-state index is 0.0568. The fraction of sp³-hybridized carbons (Fsp3) is 0.667. The molecule has 25 heavy (non-hydrogen) atoms. The number of benzene rings is 1. The number of rotatable bonds is 10. The molecule has 0 unspecified atom stereocenters. The van der Waals surface area contributed by atoms with Crippen molar-refractivity contribution < 1.29 is 9.53 Å². The first-order valence-electron chi connectivity index (χ1n) is 9.92. The van der Waals surface area contributed by atoms with Gasteiger partial charge in [-0.25, -0.2) is 0 Å². The van der Waals surface area contributed by atoms with Crippen molar-refractivity contribution in [2.75, 3.05) is 25.5 Å². The molecule has 1 saturated carbocycles. The molecule has 0 aliphatic heterocycles. The van der Waals surface area contributed by atoms with Gasteiger partial charge in [-0.3, -0.25) is 9.69 Å². The normalized spacial score (nSPS) is 15.3. The van der Waals surface area contributed by atoms with E-state index in [4.69, 9.17) is 4.74 Å². The van der Waals surface area contributed by atoms with E-state index in [-0.39, 0.29) is 5.91 Å². The van der Waals surface area contributed by atoms with Gasteiger partial charge >= 0.3 is 0 Å². The Balaban J connectivity index is 1.69. The number of likely N-dealkylation sites (N-methyl/N-ethyl adjacent to an activating group) is 1. The number of unbranched alkanes of at least 4 members (excludes halogenated alkanes) is 3. The van der Waals surface area contributed by atoms with Gasteiger partial charge in [0.15, 0.2) is 0 Å². The maximum absolute atomic E-state index is 12.2. The van der Waals surface area contributed by atoms with Crippen LogP contribution < -0.4 is 10.1 Å². The van der Waals surface area contributed by atoms with Gasteiger partial charge < -0.3 is 10.1 Å². The zero-order valence-electron chi connectivity index (χ0n) is 15.9. The number of ether oxygens (including phenoxy) is 1. The van der Waals surface area contributed by atoms with Crippen LogP contribution in [0.5, 0.6) is 5.75 Å². The molecule has 0 atom stereocenters. The van der Waals surface area contributed by atoms with Crippen LogP contribution in [0.25, 0.3) is 0 Å². The Morgan fingerprint density at radius 2 is 1.84 bits per heavy atom. The molecule has 0 heterocycles.